The number of nitrogens with zero attached hydrogens (tertiary/aromatic N) is 5. The van der Waals surface area contributed by atoms with Crippen molar-refractivity contribution in [2.75, 3.05) is 31.1 Å². The van der Waals surface area contributed by atoms with Crippen LogP contribution < -0.4 is 4.90 Å². The van der Waals surface area contributed by atoms with Gasteiger partial charge in [-0.15, -0.1) is 0 Å². The van der Waals surface area contributed by atoms with Crippen LogP contribution in [0.1, 0.15) is 10.5 Å². The Balaban J connectivity index is 1.41. The summed E-state index contributed by atoms with van der Waals surface area (Å²) in [4.78, 5) is 30.6. The van der Waals surface area contributed by atoms with Crippen LogP contribution in [-0.2, 0) is 0 Å². The topological polar surface area (TPSA) is 62.2 Å². The SMILES string of the molecule is O=C(c1cc(Sc2ncccn2)ccn1)N1CCN(c2ccccc2)CC1. The Morgan fingerprint density at radius 2 is 1.59 bits per heavy atom. The smallest absolute Gasteiger partial charge is 0.272 e. The Bertz CT molecular complexity index is 899. The highest BCUT2D eigenvalue weighted by Crippen LogP contribution is 2.24. The minimum absolute atomic E-state index is 0.0286. The number of anilines is 1. The fourth-order valence-corrected chi connectivity index (χ4v) is 3.74. The third-order valence-corrected chi connectivity index (χ3v) is 5.27. The molecule has 136 valence electrons. The largest absolute Gasteiger partial charge is 0.368 e. The van der Waals surface area contributed by atoms with Crippen LogP contribution >= 0.6 is 11.8 Å². The van der Waals surface area contributed by atoms with Crippen LogP contribution in [0.4, 0.5) is 5.69 Å². The minimum atomic E-state index is -0.0286. The van der Waals surface area contributed by atoms with Gasteiger partial charge in [-0.1, -0.05) is 18.2 Å². The summed E-state index contributed by atoms with van der Waals surface area (Å²) in [5.74, 6) is -0.0286. The van der Waals surface area contributed by atoms with E-state index in [9.17, 15) is 4.79 Å². The first kappa shape index (κ1) is 17.5. The molecule has 0 atom stereocenters. The van der Waals surface area contributed by atoms with Crippen molar-refractivity contribution in [3.8, 4) is 0 Å². The number of carbonyl (C=O) groups is 1. The summed E-state index contributed by atoms with van der Waals surface area (Å²) in [6.45, 7) is 3.02. The maximum atomic E-state index is 12.9. The highest BCUT2D eigenvalue weighted by atomic mass is 32.2. The zero-order valence-corrected chi connectivity index (χ0v) is 15.5. The summed E-state index contributed by atoms with van der Waals surface area (Å²) in [6, 6.07) is 15.8. The molecule has 7 heteroatoms. The van der Waals surface area contributed by atoms with Gasteiger partial charge in [0.25, 0.3) is 5.91 Å². The molecule has 27 heavy (non-hydrogen) atoms. The predicted molar refractivity (Wildman–Crippen MR) is 105 cm³/mol. The van der Waals surface area contributed by atoms with Crippen molar-refractivity contribution in [1.82, 2.24) is 19.9 Å². The molecular formula is C20H19N5OS. The van der Waals surface area contributed by atoms with E-state index in [-0.39, 0.29) is 5.91 Å². The Kier molecular flexibility index (Phi) is 5.29. The molecule has 3 heterocycles. The van der Waals surface area contributed by atoms with Crippen molar-refractivity contribution in [3.63, 3.8) is 0 Å². The van der Waals surface area contributed by atoms with Gasteiger partial charge >= 0.3 is 0 Å². The summed E-state index contributed by atoms with van der Waals surface area (Å²) in [7, 11) is 0. The number of piperazine rings is 1. The van der Waals surface area contributed by atoms with Crippen LogP contribution in [0.15, 0.2) is 77.2 Å². The lowest BCUT2D eigenvalue weighted by atomic mass is 10.2. The molecule has 0 spiro atoms. The van der Waals surface area contributed by atoms with E-state index < -0.39 is 0 Å². The average Bonchev–Trinajstić information content (AvgIpc) is 2.75. The zero-order valence-electron chi connectivity index (χ0n) is 14.7. The second-order valence-electron chi connectivity index (χ2n) is 6.13. The maximum Gasteiger partial charge on any atom is 0.272 e. The molecule has 0 saturated carbocycles. The lowest BCUT2D eigenvalue weighted by Gasteiger charge is -2.36. The summed E-state index contributed by atoms with van der Waals surface area (Å²) < 4.78 is 0. The first-order valence-electron chi connectivity index (χ1n) is 8.80. The van der Waals surface area contributed by atoms with E-state index in [4.69, 9.17) is 0 Å². The fourth-order valence-electron chi connectivity index (χ4n) is 3.00. The molecule has 0 bridgehead atoms. The first-order valence-corrected chi connectivity index (χ1v) is 9.61. The monoisotopic (exact) mass is 377 g/mol. The number of hydrogen-bond donors (Lipinski definition) is 0. The number of amides is 1. The van der Waals surface area contributed by atoms with E-state index in [1.54, 1.807) is 24.7 Å². The second-order valence-corrected chi connectivity index (χ2v) is 7.17. The number of para-hydroxylation sites is 1. The van der Waals surface area contributed by atoms with Crippen molar-refractivity contribution in [2.24, 2.45) is 0 Å². The van der Waals surface area contributed by atoms with Gasteiger partial charge < -0.3 is 9.80 Å². The molecule has 1 saturated heterocycles. The molecule has 1 amide bonds. The van der Waals surface area contributed by atoms with Gasteiger partial charge in [-0.25, -0.2) is 9.97 Å². The molecule has 0 unspecified atom stereocenters. The van der Waals surface area contributed by atoms with Gasteiger partial charge in [-0.05, 0) is 42.1 Å². The number of carbonyl (C=O) groups excluding carboxylic acids is 1. The van der Waals surface area contributed by atoms with E-state index in [1.165, 1.54) is 17.4 Å². The summed E-state index contributed by atoms with van der Waals surface area (Å²) in [5, 5.41) is 0.651. The number of hydrogen-bond acceptors (Lipinski definition) is 6. The van der Waals surface area contributed by atoms with Crippen molar-refractivity contribution in [2.45, 2.75) is 10.1 Å². The van der Waals surface area contributed by atoms with Crippen LogP contribution in [0.2, 0.25) is 0 Å². The lowest BCUT2D eigenvalue weighted by Crippen LogP contribution is -2.49. The Morgan fingerprint density at radius 3 is 2.33 bits per heavy atom. The van der Waals surface area contributed by atoms with E-state index in [0.29, 0.717) is 23.9 Å². The summed E-state index contributed by atoms with van der Waals surface area (Å²) in [6.07, 6.45) is 5.07. The molecular weight excluding hydrogens is 358 g/mol. The summed E-state index contributed by atoms with van der Waals surface area (Å²) >= 11 is 1.42. The van der Waals surface area contributed by atoms with Gasteiger partial charge in [-0.2, -0.15) is 0 Å². The van der Waals surface area contributed by atoms with Gasteiger partial charge in [0.15, 0.2) is 5.16 Å². The Morgan fingerprint density at radius 1 is 0.852 bits per heavy atom. The number of benzene rings is 1. The van der Waals surface area contributed by atoms with Gasteiger partial charge in [0.2, 0.25) is 0 Å². The molecule has 1 fully saturated rings. The van der Waals surface area contributed by atoms with E-state index in [0.717, 1.165) is 18.0 Å². The molecule has 0 N–H and O–H groups in total. The molecule has 1 aromatic carbocycles. The van der Waals surface area contributed by atoms with Crippen molar-refractivity contribution < 1.29 is 4.79 Å². The third-order valence-electron chi connectivity index (χ3n) is 4.39. The molecule has 0 radical (unpaired) electrons. The predicted octanol–water partition coefficient (Wildman–Crippen LogP) is 2.99. The van der Waals surface area contributed by atoms with Gasteiger partial charge in [0.1, 0.15) is 5.69 Å². The molecule has 1 aliphatic heterocycles. The number of pyridine rings is 1. The highest BCUT2D eigenvalue weighted by Gasteiger charge is 2.23. The van der Waals surface area contributed by atoms with E-state index in [2.05, 4.69) is 32.0 Å². The molecule has 2 aromatic heterocycles. The molecule has 1 aliphatic rings. The first-order chi connectivity index (χ1) is 13.3. The van der Waals surface area contributed by atoms with E-state index in [1.807, 2.05) is 35.2 Å². The number of rotatable bonds is 4. The van der Waals surface area contributed by atoms with Crippen LogP contribution in [0.25, 0.3) is 0 Å². The number of aromatic nitrogens is 3. The average molecular weight is 377 g/mol. The molecule has 6 nitrogen and oxygen atoms in total. The van der Waals surface area contributed by atoms with Crippen LogP contribution in [0, 0.1) is 0 Å². The van der Waals surface area contributed by atoms with Crippen molar-refractivity contribution in [3.05, 3.63) is 72.8 Å². The van der Waals surface area contributed by atoms with Crippen LogP contribution in [0.3, 0.4) is 0 Å². The Hall–Kier alpha value is -2.93. The van der Waals surface area contributed by atoms with Crippen molar-refractivity contribution in [1.29, 1.82) is 0 Å². The van der Waals surface area contributed by atoms with Crippen LogP contribution in [0.5, 0.6) is 0 Å². The fraction of sp³-hybridized carbons (Fsp3) is 0.200. The van der Waals surface area contributed by atoms with E-state index >= 15 is 0 Å². The maximum absolute atomic E-state index is 12.9. The zero-order chi connectivity index (χ0) is 18.5. The standard InChI is InChI=1S/C20H19N5OS/c26-19(25-13-11-24(12-14-25)16-5-2-1-3-6-16)18-15-17(7-10-21-18)27-20-22-8-4-9-23-20/h1-10,15H,11-14H2. The third kappa shape index (κ3) is 4.25. The van der Waals surface area contributed by atoms with Gasteiger partial charge in [0, 0.05) is 55.4 Å². The highest BCUT2D eigenvalue weighted by molar-refractivity contribution is 7.99. The second kappa shape index (κ2) is 8.18. The van der Waals surface area contributed by atoms with Crippen molar-refractivity contribution >= 4 is 23.4 Å². The molecule has 3 aromatic rings. The molecule has 4 rings (SSSR count). The van der Waals surface area contributed by atoms with Gasteiger partial charge in [-0.3, -0.25) is 9.78 Å². The Labute approximate surface area is 162 Å². The summed E-state index contributed by atoms with van der Waals surface area (Å²) in [5.41, 5.74) is 1.66. The minimum Gasteiger partial charge on any atom is -0.368 e. The normalized spacial score (nSPS) is 14.2. The lowest BCUT2D eigenvalue weighted by molar-refractivity contribution is 0.0740. The van der Waals surface area contributed by atoms with Gasteiger partial charge in [0.05, 0.1) is 0 Å². The van der Waals surface area contributed by atoms with Crippen LogP contribution in [-0.4, -0.2) is 51.9 Å². The quantitative estimate of drug-likeness (QED) is 0.652. The molecule has 0 aliphatic carbocycles.